The second-order valence-electron chi connectivity index (χ2n) is 6.69. The van der Waals surface area contributed by atoms with Crippen LogP contribution in [0.3, 0.4) is 0 Å². The van der Waals surface area contributed by atoms with Crippen LogP contribution in [0, 0.1) is 0 Å². The van der Waals surface area contributed by atoms with E-state index in [2.05, 4.69) is 20.5 Å². The molecule has 0 aliphatic carbocycles. The summed E-state index contributed by atoms with van der Waals surface area (Å²) < 4.78 is 7.49. The predicted octanol–water partition coefficient (Wildman–Crippen LogP) is 3.95. The first-order valence-electron chi connectivity index (χ1n) is 9.55. The fourth-order valence-corrected chi connectivity index (χ4v) is 3.76. The van der Waals surface area contributed by atoms with Gasteiger partial charge in [0.1, 0.15) is 0 Å². The van der Waals surface area contributed by atoms with Crippen molar-refractivity contribution >= 4 is 17.7 Å². The van der Waals surface area contributed by atoms with Crippen molar-refractivity contribution in [2.24, 2.45) is 0 Å². The molecule has 0 radical (unpaired) electrons. The topological polar surface area (TPSA) is 85.8 Å². The number of nitrogens with one attached hydrogen (secondary N) is 1. The van der Waals surface area contributed by atoms with E-state index in [1.807, 2.05) is 72.2 Å². The predicted molar refractivity (Wildman–Crippen MR) is 115 cm³/mol. The Bertz CT molecular complexity index is 1080. The van der Waals surface area contributed by atoms with Gasteiger partial charge >= 0.3 is 0 Å². The van der Waals surface area contributed by atoms with Crippen LogP contribution in [0.25, 0.3) is 11.6 Å². The number of pyridine rings is 1. The summed E-state index contributed by atoms with van der Waals surface area (Å²) in [4.78, 5) is 16.8. The molecule has 0 aliphatic heterocycles. The minimum absolute atomic E-state index is 0.0908. The molecule has 152 valence electrons. The van der Waals surface area contributed by atoms with Gasteiger partial charge in [0.15, 0.2) is 10.9 Å². The molecule has 7 nitrogen and oxygen atoms in total. The minimum Gasteiger partial charge on any atom is -0.461 e. The first-order valence-corrected chi connectivity index (χ1v) is 10.5. The number of aromatic nitrogens is 4. The second-order valence-corrected chi connectivity index (χ2v) is 7.63. The molecule has 0 aliphatic rings. The van der Waals surface area contributed by atoms with Crippen LogP contribution in [0.1, 0.15) is 24.2 Å². The lowest BCUT2D eigenvalue weighted by atomic mass is 10.2. The van der Waals surface area contributed by atoms with Crippen molar-refractivity contribution in [3.8, 4) is 11.6 Å². The van der Waals surface area contributed by atoms with Crippen LogP contribution in [-0.2, 0) is 11.3 Å². The zero-order valence-corrected chi connectivity index (χ0v) is 17.2. The molecule has 1 N–H and O–H groups in total. The van der Waals surface area contributed by atoms with Crippen molar-refractivity contribution in [3.63, 3.8) is 0 Å². The highest BCUT2D eigenvalue weighted by atomic mass is 32.2. The number of hydrogen-bond donors (Lipinski definition) is 1. The van der Waals surface area contributed by atoms with E-state index in [4.69, 9.17) is 4.42 Å². The van der Waals surface area contributed by atoms with Gasteiger partial charge in [-0.1, -0.05) is 48.2 Å². The highest BCUT2D eigenvalue weighted by molar-refractivity contribution is 7.99. The van der Waals surface area contributed by atoms with Crippen molar-refractivity contribution in [2.75, 3.05) is 5.75 Å². The average molecular weight is 420 g/mol. The minimum atomic E-state index is -0.167. The number of nitrogens with zero attached hydrogens (tertiary/aromatic N) is 4. The first-order chi connectivity index (χ1) is 14.7. The van der Waals surface area contributed by atoms with Gasteiger partial charge in [-0.3, -0.25) is 14.3 Å². The molecule has 4 rings (SSSR count). The molecule has 0 saturated carbocycles. The Hall–Kier alpha value is -3.39. The Morgan fingerprint density at radius 2 is 1.93 bits per heavy atom. The molecular weight excluding hydrogens is 398 g/mol. The summed E-state index contributed by atoms with van der Waals surface area (Å²) in [7, 11) is 0. The molecule has 1 amide bonds. The molecule has 1 atom stereocenters. The SMILES string of the molecule is CC(NC(=O)CSc1nnc(-c2ccco2)n1Cc1ccccc1)c1ccccn1. The monoisotopic (exact) mass is 419 g/mol. The van der Waals surface area contributed by atoms with Gasteiger partial charge in [-0.05, 0) is 36.8 Å². The number of carbonyl (C=O) groups is 1. The first kappa shape index (κ1) is 19.9. The molecule has 1 unspecified atom stereocenters. The number of rotatable bonds is 8. The van der Waals surface area contributed by atoms with Gasteiger partial charge in [-0.2, -0.15) is 0 Å². The lowest BCUT2D eigenvalue weighted by molar-refractivity contribution is -0.119. The van der Waals surface area contributed by atoms with Crippen LogP contribution in [0.2, 0.25) is 0 Å². The van der Waals surface area contributed by atoms with Crippen molar-refractivity contribution in [1.29, 1.82) is 0 Å². The van der Waals surface area contributed by atoms with Gasteiger partial charge < -0.3 is 9.73 Å². The third-order valence-corrected chi connectivity index (χ3v) is 5.45. The van der Waals surface area contributed by atoms with Crippen LogP contribution in [0.15, 0.2) is 82.7 Å². The normalized spacial score (nSPS) is 11.9. The van der Waals surface area contributed by atoms with E-state index in [1.54, 1.807) is 12.5 Å². The van der Waals surface area contributed by atoms with E-state index < -0.39 is 0 Å². The van der Waals surface area contributed by atoms with Crippen LogP contribution < -0.4 is 5.32 Å². The van der Waals surface area contributed by atoms with Crippen LogP contribution in [-0.4, -0.2) is 31.4 Å². The third kappa shape index (κ3) is 4.77. The summed E-state index contributed by atoms with van der Waals surface area (Å²) in [6.45, 7) is 2.50. The zero-order chi connectivity index (χ0) is 20.8. The summed E-state index contributed by atoms with van der Waals surface area (Å²) in [5.41, 5.74) is 1.93. The van der Waals surface area contributed by atoms with Crippen LogP contribution >= 0.6 is 11.8 Å². The molecule has 0 spiro atoms. The Balaban J connectivity index is 1.47. The van der Waals surface area contributed by atoms with Gasteiger partial charge in [0.05, 0.1) is 30.3 Å². The molecular formula is C22H21N5O2S. The maximum Gasteiger partial charge on any atom is 0.231 e. The Labute approximate surface area is 178 Å². The Morgan fingerprint density at radius 1 is 1.10 bits per heavy atom. The van der Waals surface area contributed by atoms with E-state index in [0.29, 0.717) is 23.3 Å². The van der Waals surface area contributed by atoms with E-state index in [-0.39, 0.29) is 17.7 Å². The zero-order valence-electron chi connectivity index (χ0n) is 16.4. The van der Waals surface area contributed by atoms with E-state index in [9.17, 15) is 4.79 Å². The molecule has 0 bridgehead atoms. The molecule has 4 aromatic rings. The van der Waals surface area contributed by atoms with Crippen molar-refractivity contribution < 1.29 is 9.21 Å². The van der Waals surface area contributed by atoms with Gasteiger partial charge in [0.2, 0.25) is 11.7 Å². The average Bonchev–Trinajstić information content (AvgIpc) is 3.44. The van der Waals surface area contributed by atoms with Gasteiger partial charge in [0, 0.05) is 6.20 Å². The van der Waals surface area contributed by atoms with E-state index in [0.717, 1.165) is 11.3 Å². The standard InChI is InChI=1S/C22H21N5O2S/c1-16(18-10-5-6-12-23-18)24-20(28)15-30-22-26-25-21(19-11-7-13-29-19)27(22)14-17-8-3-2-4-9-17/h2-13,16H,14-15H2,1H3,(H,24,28). The maximum atomic E-state index is 12.5. The molecule has 0 saturated heterocycles. The Morgan fingerprint density at radius 3 is 2.67 bits per heavy atom. The van der Waals surface area contributed by atoms with Crippen molar-refractivity contribution in [2.45, 2.75) is 24.7 Å². The fourth-order valence-electron chi connectivity index (χ4n) is 3.01. The van der Waals surface area contributed by atoms with Gasteiger partial charge in [0.25, 0.3) is 0 Å². The molecule has 30 heavy (non-hydrogen) atoms. The van der Waals surface area contributed by atoms with Crippen molar-refractivity contribution in [3.05, 3.63) is 84.4 Å². The summed E-state index contributed by atoms with van der Waals surface area (Å²) >= 11 is 1.34. The van der Waals surface area contributed by atoms with Crippen molar-refractivity contribution in [1.82, 2.24) is 25.1 Å². The van der Waals surface area contributed by atoms with Gasteiger partial charge in [-0.25, -0.2) is 0 Å². The molecule has 3 heterocycles. The number of hydrogen-bond acceptors (Lipinski definition) is 6. The maximum absolute atomic E-state index is 12.5. The molecule has 3 aromatic heterocycles. The largest absolute Gasteiger partial charge is 0.461 e. The summed E-state index contributed by atoms with van der Waals surface area (Å²) in [6, 6.07) is 19.2. The quantitative estimate of drug-likeness (QED) is 0.435. The number of thioether (sulfide) groups is 1. The summed E-state index contributed by atoms with van der Waals surface area (Å²) in [5.74, 6) is 1.40. The van der Waals surface area contributed by atoms with Gasteiger partial charge in [-0.15, -0.1) is 10.2 Å². The number of carbonyl (C=O) groups excluding carboxylic acids is 1. The lowest BCUT2D eigenvalue weighted by Crippen LogP contribution is -2.28. The Kier molecular flexibility index (Phi) is 6.24. The van der Waals surface area contributed by atoms with E-state index in [1.165, 1.54) is 11.8 Å². The van der Waals surface area contributed by atoms with E-state index >= 15 is 0 Å². The summed E-state index contributed by atoms with van der Waals surface area (Å²) in [5, 5.41) is 12.2. The number of benzene rings is 1. The number of furan rings is 1. The lowest BCUT2D eigenvalue weighted by Gasteiger charge is -2.13. The van der Waals surface area contributed by atoms with Crippen LogP contribution in [0.4, 0.5) is 0 Å². The second kappa shape index (κ2) is 9.41. The fraction of sp³-hybridized carbons (Fsp3) is 0.182. The molecule has 1 aromatic carbocycles. The smallest absolute Gasteiger partial charge is 0.231 e. The highest BCUT2D eigenvalue weighted by Gasteiger charge is 2.18. The third-order valence-electron chi connectivity index (χ3n) is 4.48. The van der Waals surface area contributed by atoms with Crippen LogP contribution in [0.5, 0.6) is 0 Å². The number of amides is 1. The molecule has 8 heteroatoms. The summed E-state index contributed by atoms with van der Waals surface area (Å²) in [6.07, 6.45) is 3.32. The molecule has 0 fully saturated rings. The highest BCUT2D eigenvalue weighted by Crippen LogP contribution is 2.25.